The number of carbonyl (C=O) groups is 1. The van der Waals surface area contributed by atoms with Gasteiger partial charge >= 0.3 is 0 Å². The zero-order chi connectivity index (χ0) is 13.0. The van der Waals surface area contributed by atoms with E-state index in [2.05, 4.69) is 15.3 Å². The fourth-order valence-electron chi connectivity index (χ4n) is 1.44. The van der Waals surface area contributed by atoms with Gasteiger partial charge in [0, 0.05) is 30.2 Å². The number of aromatic hydroxyl groups is 1. The van der Waals surface area contributed by atoms with Crippen LogP contribution in [0.1, 0.15) is 15.9 Å². The maximum atomic E-state index is 11.7. The molecule has 2 rings (SSSR count). The normalized spacial score (nSPS) is 10.0. The molecule has 18 heavy (non-hydrogen) atoms. The third-order valence-corrected chi connectivity index (χ3v) is 2.37. The van der Waals surface area contributed by atoms with E-state index in [1.54, 1.807) is 12.1 Å². The van der Waals surface area contributed by atoms with E-state index in [4.69, 9.17) is 5.73 Å². The number of nitrogens with one attached hydrogen (secondary N) is 1. The number of phenols is 1. The molecule has 4 N–H and O–H groups in total. The molecular formula is C12H12N4O2. The van der Waals surface area contributed by atoms with E-state index in [9.17, 15) is 9.90 Å². The van der Waals surface area contributed by atoms with Gasteiger partial charge in [0.2, 0.25) is 0 Å². The molecule has 1 aromatic carbocycles. The number of rotatable bonds is 3. The lowest BCUT2D eigenvalue weighted by atomic mass is 10.1. The molecule has 0 bridgehead atoms. The minimum absolute atomic E-state index is 0.0915. The van der Waals surface area contributed by atoms with Crippen molar-refractivity contribution in [3.63, 3.8) is 0 Å². The number of nitrogens with two attached hydrogens (primary N) is 1. The van der Waals surface area contributed by atoms with E-state index in [1.165, 1.54) is 24.8 Å². The molecule has 0 saturated carbocycles. The number of amides is 1. The summed E-state index contributed by atoms with van der Waals surface area (Å²) in [5.41, 5.74) is 7.05. The average molecular weight is 244 g/mol. The van der Waals surface area contributed by atoms with Gasteiger partial charge in [-0.2, -0.15) is 0 Å². The minimum Gasteiger partial charge on any atom is -0.508 e. The van der Waals surface area contributed by atoms with E-state index < -0.39 is 0 Å². The second-order valence-electron chi connectivity index (χ2n) is 3.70. The van der Waals surface area contributed by atoms with Crippen LogP contribution in [0.2, 0.25) is 0 Å². The molecule has 1 heterocycles. The minimum atomic E-state index is -0.308. The molecule has 1 aromatic heterocycles. The Bertz CT molecular complexity index is 557. The number of aromatic nitrogens is 2. The number of nitrogen functional groups attached to an aromatic ring is 1. The lowest BCUT2D eigenvalue weighted by molar-refractivity contribution is 0.0950. The smallest absolute Gasteiger partial charge is 0.254 e. The molecule has 0 atom stereocenters. The van der Waals surface area contributed by atoms with Crippen LogP contribution >= 0.6 is 0 Å². The number of hydrogen-bond donors (Lipinski definition) is 3. The first-order valence-corrected chi connectivity index (χ1v) is 5.27. The summed E-state index contributed by atoms with van der Waals surface area (Å²) < 4.78 is 0. The number of phenolic OH excluding ortho intramolecular Hbond substituents is 1. The van der Waals surface area contributed by atoms with Gasteiger partial charge in [-0.3, -0.25) is 4.79 Å². The highest BCUT2D eigenvalue weighted by atomic mass is 16.3. The standard InChI is InChI=1S/C12H12N4O2/c13-10-1-2-11(17)8(3-10)6-16-12(18)9-4-14-7-15-5-9/h1-5,7,17H,6,13H2,(H,16,18). The average Bonchev–Trinajstić information content (AvgIpc) is 2.40. The summed E-state index contributed by atoms with van der Waals surface area (Å²) in [5, 5.41) is 12.2. The van der Waals surface area contributed by atoms with Crippen LogP contribution in [0, 0.1) is 0 Å². The van der Waals surface area contributed by atoms with E-state index in [-0.39, 0.29) is 18.2 Å². The molecule has 0 saturated heterocycles. The van der Waals surface area contributed by atoms with Gasteiger partial charge in [0.25, 0.3) is 5.91 Å². The highest BCUT2D eigenvalue weighted by molar-refractivity contribution is 5.93. The zero-order valence-corrected chi connectivity index (χ0v) is 9.50. The Morgan fingerprint density at radius 2 is 2.06 bits per heavy atom. The Kier molecular flexibility index (Phi) is 3.38. The summed E-state index contributed by atoms with van der Waals surface area (Å²) in [6, 6.07) is 4.69. The largest absolute Gasteiger partial charge is 0.508 e. The summed E-state index contributed by atoms with van der Waals surface area (Å²) in [6.45, 7) is 0.185. The SMILES string of the molecule is Nc1ccc(O)c(CNC(=O)c2cncnc2)c1. The van der Waals surface area contributed by atoms with Crippen LogP contribution in [0.5, 0.6) is 5.75 Å². The third-order valence-electron chi connectivity index (χ3n) is 2.37. The third kappa shape index (κ3) is 2.73. The van der Waals surface area contributed by atoms with Gasteiger partial charge in [-0.1, -0.05) is 0 Å². The molecule has 0 radical (unpaired) electrons. The maximum Gasteiger partial charge on any atom is 0.254 e. The van der Waals surface area contributed by atoms with Gasteiger partial charge in [0.05, 0.1) is 5.56 Å². The number of anilines is 1. The van der Waals surface area contributed by atoms with Crippen molar-refractivity contribution in [1.82, 2.24) is 15.3 Å². The van der Waals surface area contributed by atoms with Crippen molar-refractivity contribution < 1.29 is 9.90 Å². The summed E-state index contributed by atoms with van der Waals surface area (Å²) in [6.07, 6.45) is 4.18. The number of carbonyl (C=O) groups excluding carboxylic acids is 1. The van der Waals surface area contributed by atoms with Crippen molar-refractivity contribution in [1.29, 1.82) is 0 Å². The molecule has 2 aromatic rings. The summed E-state index contributed by atoms with van der Waals surface area (Å²) >= 11 is 0. The summed E-state index contributed by atoms with van der Waals surface area (Å²) in [4.78, 5) is 19.2. The molecule has 0 aliphatic carbocycles. The van der Waals surface area contributed by atoms with Gasteiger partial charge < -0.3 is 16.2 Å². The van der Waals surface area contributed by atoms with Crippen LogP contribution in [0.15, 0.2) is 36.9 Å². The highest BCUT2D eigenvalue weighted by Gasteiger charge is 2.07. The predicted octanol–water partition coefficient (Wildman–Crippen LogP) is 0.694. The quantitative estimate of drug-likeness (QED) is 0.545. The first-order chi connectivity index (χ1) is 8.66. The lowest BCUT2D eigenvalue weighted by Gasteiger charge is -2.07. The van der Waals surface area contributed by atoms with Gasteiger partial charge in [-0.25, -0.2) is 9.97 Å². The van der Waals surface area contributed by atoms with E-state index in [0.29, 0.717) is 16.8 Å². The van der Waals surface area contributed by atoms with E-state index in [1.807, 2.05) is 0 Å². The van der Waals surface area contributed by atoms with Crippen molar-refractivity contribution in [3.8, 4) is 5.75 Å². The number of benzene rings is 1. The van der Waals surface area contributed by atoms with Crippen molar-refractivity contribution >= 4 is 11.6 Å². The highest BCUT2D eigenvalue weighted by Crippen LogP contribution is 2.19. The molecule has 6 heteroatoms. The monoisotopic (exact) mass is 244 g/mol. The molecule has 0 unspecified atom stereocenters. The molecule has 0 aliphatic heterocycles. The topological polar surface area (TPSA) is 101 Å². The van der Waals surface area contributed by atoms with Gasteiger partial charge in [0.1, 0.15) is 12.1 Å². The Morgan fingerprint density at radius 3 is 2.78 bits per heavy atom. The summed E-state index contributed by atoms with van der Waals surface area (Å²) in [5.74, 6) is -0.216. The van der Waals surface area contributed by atoms with Gasteiger partial charge in [-0.15, -0.1) is 0 Å². The second kappa shape index (κ2) is 5.13. The van der Waals surface area contributed by atoms with Crippen molar-refractivity contribution in [3.05, 3.63) is 48.0 Å². The van der Waals surface area contributed by atoms with Crippen molar-refractivity contribution in [2.45, 2.75) is 6.54 Å². The van der Waals surface area contributed by atoms with E-state index in [0.717, 1.165) is 0 Å². The maximum absolute atomic E-state index is 11.7. The first kappa shape index (κ1) is 11.8. The molecule has 92 valence electrons. The van der Waals surface area contributed by atoms with Gasteiger partial charge in [-0.05, 0) is 18.2 Å². The summed E-state index contributed by atoms with van der Waals surface area (Å²) in [7, 11) is 0. The Balaban J connectivity index is 2.04. The van der Waals surface area contributed by atoms with Gasteiger partial charge in [0.15, 0.2) is 0 Å². The fraction of sp³-hybridized carbons (Fsp3) is 0.0833. The van der Waals surface area contributed by atoms with Crippen LogP contribution < -0.4 is 11.1 Å². The Morgan fingerprint density at radius 1 is 1.33 bits per heavy atom. The fourth-order valence-corrected chi connectivity index (χ4v) is 1.44. The molecule has 1 amide bonds. The van der Waals surface area contributed by atoms with Crippen molar-refractivity contribution in [2.24, 2.45) is 0 Å². The van der Waals surface area contributed by atoms with Crippen LogP contribution in [-0.4, -0.2) is 21.0 Å². The molecule has 0 aliphatic rings. The number of hydrogen-bond acceptors (Lipinski definition) is 5. The molecule has 0 spiro atoms. The Hall–Kier alpha value is -2.63. The van der Waals surface area contributed by atoms with Crippen LogP contribution in [0.4, 0.5) is 5.69 Å². The van der Waals surface area contributed by atoms with E-state index >= 15 is 0 Å². The molecule has 0 fully saturated rings. The zero-order valence-electron chi connectivity index (χ0n) is 9.50. The molecule has 6 nitrogen and oxygen atoms in total. The lowest BCUT2D eigenvalue weighted by Crippen LogP contribution is -2.23. The van der Waals surface area contributed by atoms with Crippen molar-refractivity contribution in [2.75, 3.05) is 5.73 Å². The van der Waals surface area contributed by atoms with Crippen LogP contribution in [0.25, 0.3) is 0 Å². The number of nitrogens with zero attached hydrogens (tertiary/aromatic N) is 2. The predicted molar refractivity (Wildman–Crippen MR) is 65.7 cm³/mol. The molecular weight excluding hydrogens is 232 g/mol. The second-order valence-corrected chi connectivity index (χ2v) is 3.70. The first-order valence-electron chi connectivity index (χ1n) is 5.27. The van der Waals surface area contributed by atoms with Crippen LogP contribution in [0.3, 0.4) is 0 Å². The Labute approximate surface area is 104 Å². The van der Waals surface area contributed by atoms with Crippen LogP contribution in [-0.2, 0) is 6.54 Å².